The van der Waals surface area contributed by atoms with E-state index < -0.39 is 0 Å². The number of para-hydroxylation sites is 1. The zero-order chi connectivity index (χ0) is 12.3. The van der Waals surface area contributed by atoms with E-state index in [2.05, 4.69) is 6.92 Å². The van der Waals surface area contributed by atoms with Gasteiger partial charge in [0.25, 0.3) is 0 Å². The van der Waals surface area contributed by atoms with Crippen molar-refractivity contribution < 1.29 is 5.11 Å². The van der Waals surface area contributed by atoms with Gasteiger partial charge in [-0.2, -0.15) is 0 Å². The molecule has 0 saturated heterocycles. The van der Waals surface area contributed by atoms with Crippen molar-refractivity contribution in [3.8, 4) is 5.75 Å². The fraction of sp³-hybridized carbons (Fsp3) is 0.625. The smallest absolute Gasteiger partial charge is 0.118 e. The Labute approximate surface area is 142 Å². The van der Waals surface area contributed by atoms with Crippen LogP contribution in [0.3, 0.4) is 0 Å². The Bertz CT molecular complexity index is 299. The van der Waals surface area contributed by atoms with Crippen LogP contribution in [0, 0.1) is 0 Å². The van der Waals surface area contributed by atoms with Gasteiger partial charge in [0.05, 0.1) is 0 Å². The Hall–Kier alpha value is 0.280. The molecule has 0 amide bonds. The zero-order valence-electron chi connectivity index (χ0n) is 11.8. The fourth-order valence-corrected chi connectivity index (χ4v) is 2.17. The van der Waals surface area contributed by atoms with Gasteiger partial charge >= 0.3 is 0 Å². The van der Waals surface area contributed by atoms with Crippen molar-refractivity contribution >= 4 is 37.7 Å². The van der Waals surface area contributed by atoms with Crippen LogP contribution in [0.25, 0.3) is 0 Å². The molecular weight excluding hydrogens is 248 g/mol. The molecule has 0 aliphatic rings. The Morgan fingerprint density at radius 3 is 2.00 bits per heavy atom. The van der Waals surface area contributed by atoms with Gasteiger partial charge in [-0.1, -0.05) is 70.1 Å². The van der Waals surface area contributed by atoms with Crippen LogP contribution in [0.4, 0.5) is 0 Å². The first-order chi connectivity index (χ1) is 8.34. The number of hydrogen-bond donors (Lipinski definition) is 1. The molecule has 0 unspecified atom stereocenters. The Balaban J connectivity index is 0.00000289. The number of benzene rings is 1. The summed E-state index contributed by atoms with van der Waals surface area (Å²) in [6.07, 6.45) is 11.7. The van der Waals surface area contributed by atoms with Crippen molar-refractivity contribution in [3.05, 3.63) is 29.8 Å². The average Bonchev–Trinajstić information content (AvgIpc) is 2.35. The maximum Gasteiger partial charge on any atom is 0.118 e. The van der Waals surface area contributed by atoms with E-state index in [9.17, 15) is 5.11 Å². The van der Waals surface area contributed by atoms with Crippen molar-refractivity contribution in [2.45, 2.75) is 64.7 Å². The van der Waals surface area contributed by atoms with Crippen LogP contribution < -0.4 is 0 Å². The van der Waals surface area contributed by atoms with Gasteiger partial charge in [0.15, 0.2) is 0 Å². The van der Waals surface area contributed by atoms with Crippen molar-refractivity contribution in [1.82, 2.24) is 0 Å². The topological polar surface area (TPSA) is 20.2 Å². The molecule has 0 atom stereocenters. The van der Waals surface area contributed by atoms with Crippen LogP contribution in [0.15, 0.2) is 24.3 Å². The Morgan fingerprint density at radius 2 is 1.39 bits per heavy atom. The summed E-state index contributed by atoms with van der Waals surface area (Å²) in [4.78, 5) is 0. The van der Waals surface area contributed by atoms with Crippen molar-refractivity contribution in [3.63, 3.8) is 0 Å². The van der Waals surface area contributed by atoms with Crippen LogP contribution >= 0.6 is 0 Å². The number of unbranched alkanes of at least 4 members (excludes halogenated alkanes) is 7. The Kier molecular flexibility index (Phi) is 12.5. The molecule has 0 heterocycles. The summed E-state index contributed by atoms with van der Waals surface area (Å²) in [6, 6.07) is 7.68. The predicted octanol–water partition coefficient (Wildman–Crippen LogP) is 4.69. The first-order valence-electron chi connectivity index (χ1n) is 7.11. The number of aromatic hydroxyl groups is 1. The maximum atomic E-state index is 9.61. The summed E-state index contributed by atoms with van der Waals surface area (Å²) in [5.74, 6) is 0.454. The zero-order valence-corrected chi connectivity index (χ0v) is 14.0. The van der Waals surface area contributed by atoms with Gasteiger partial charge in [0.2, 0.25) is 0 Å². The van der Waals surface area contributed by atoms with E-state index in [4.69, 9.17) is 0 Å². The minimum absolute atomic E-state index is 0. The third kappa shape index (κ3) is 8.39. The molecule has 1 rings (SSSR count). The van der Waals surface area contributed by atoms with E-state index in [1.165, 1.54) is 51.4 Å². The molecule has 1 N–H and O–H groups in total. The third-order valence-corrected chi connectivity index (χ3v) is 3.29. The van der Waals surface area contributed by atoms with Gasteiger partial charge in [-0.15, -0.1) is 0 Å². The fourth-order valence-electron chi connectivity index (χ4n) is 2.17. The second-order valence-electron chi connectivity index (χ2n) is 4.85. The Morgan fingerprint density at radius 1 is 0.833 bits per heavy atom. The SMILES string of the molecule is CCCCCCCCCCc1ccccc1O.[Ca]. The standard InChI is InChI=1S/C16H26O.Ca/c1-2-3-4-5-6-7-8-9-12-15-13-10-11-14-16(15)17;/h10-11,13-14,17H,2-9,12H2,1H3;. The normalized spacial score (nSPS) is 10.1. The van der Waals surface area contributed by atoms with Crippen molar-refractivity contribution in [2.24, 2.45) is 0 Å². The van der Waals surface area contributed by atoms with Gasteiger partial charge in [0.1, 0.15) is 5.75 Å². The van der Waals surface area contributed by atoms with Gasteiger partial charge in [-0.25, -0.2) is 0 Å². The van der Waals surface area contributed by atoms with Gasteiger partial charge < -0.3 is 5.11 Å². The van der Waals surface area contributed by atoms with Crippen LogP contribution in [0.5, 0.6) is 5.75 Å². The molecule has 1 aromatic carbocycles. The monoisotopic (exact) mass is 274 g/mol. The van der Waals surface area contributed by atoms with E-state index >= 15 is 0 Å². The second kappa shape index (κ2) is 12.3. The molecule has 0 aliphatic carbocycles. The van der Waals surface area contributed by atoms with Gasteiger partial charge in [-0.3, -0.25) is 0 Å². The first kappa shape index (κ1) is 18.3. The third-order valence-electron chi connectivity index (χ3n) is 3.29. The van der Waals surface area contributed by atoms with Crippen LogP contribution in [-0.4, -0.2) is 42.8 Å². The molecule has 2 radical (unpaired) electrons. The number of rotatable bonds is 9. The van der Waals surface area contributed by atoms with E-state index in [1.807, 2.05) is 18.2 Å². The quantitative estimate of drug-likeness (QED) is 0.511. The van der Waals surface area contributed by atoms with E-state index in [-0.39, 0.29) is 37.7 Å². The molecule has 18 heavy (non-hydrogen) atoms. The molecule has 0 fully saturated rings. The number of phenols is 1. The summed E-state index contributed by atoms with van der Waals surface area (Å²) < 4.78 is 0. The summed E-state index contributed by atoms with van der Waals surface area (Å²) in [7, 11) is 0. The van der Waals surface area contributed by atoms with E-state index in [0.717, 1.165) is 12.0 Å². The van der Waals surface area contributed by atoms with E-state index in [0.29, 0.717) is 5.75 Å². The molecular formula is C16H26CaO. The molecule has 1 nitrogen and oxygen atoms in total. The first-order valence-corrected chi connectivity index (χ1v) is 7.11. The minimum Gasteiger partial charge on any atom is -0.508 e. The van der Waals surface area contributed by atoms with Crippen molar-refractivity contribution in [1.29, 1.82) is 0 Å². The van der Waals surface area contributed by atoms with Gasteiger partial charge in [0, 0.05) is 37.7 Å². The minimum atomic E-state index is 0. The molecule has 0 saturated carbocycles. The average molecular weight is 274 g/mol. The predicted molar refractivity (Wildman–Crippen MR) is 80.2 cm³/mol. The number of phenolic OH excluding ortho intramolecular Hbond substituents is 1. The molecule has 0 bridgehead atoms. The molecule has 0 aromatic heterocycles. The van der Waals surface area contributed by atoms with Crippen LogP contribution in [-0.2, 0) is 6.42 Å². The van der Waals surface area contributed by atoms with Crippen LogP contribution in [0.1, 0.15) is 63.9 Å². The maximum absolute atomic E-state index is 9.61. The molecule has 0 aliphatic heterocycles. The molecule has 2 heteroatoms. The summed E-state index contributed by atoms with van der Waals surface area (Å²) >= 11 is 0. The number of hydrogen-bond acceptors (Lipinski definition) is 1. The van der Waals surface area contributed by atoms with Gasteiger partial charge in [-0.05, 0) is 24.5 Å². The molecule has 1 aromatic rings. The van der Waals surface area contributed by atoms with E-state index in [1.54, 1.807) is 6.07 Å². The molecule has 0 spiro atoms. The summed E-state index contributed by atoms with van der Waals surface area (Å²) in [6.45, 7) is 2.26. The summed E-state index contributed by atoms with van der Waals surface area (Å²) in [5.41, 5.74) is 1.10. The van der Waals surface area contributed by atoms with Crippen molar-refractivity contribution in [2.75, 3.05) is 0 Å². The second-order valence-corrected chi connectivity index (χ2v) is 4.85. The number of aryl methyl sites for hydroxylation is 1. The molecule has 98 valence electrons. The summed E-state index contributed by atoms with van der Waals surface area (Å²) in [5, 5.41) is 9.61. The van der Waals surface area contributed by atoms with Crippen LogP contribution in [0.2, 0.25) is 0 Å². The largest absolute Gasteiger partial charge is 0.508 e.